The number of nitrogens with zero attached hydrogens (tertiary/aromatic N) is 1. The van der Waals surface area contributed by atoms with Gasteiger partial charge in [-0.05, 0) is 60.8 Å². The molecule has 0 aliphatic rings. The van der Waals surface area contributed by atoms with E-state index >= 15 is 0 Å². The summed E-state index contributed by atoms with van der Waals surface area (Å²) in [6, 6.07) is 6.94. The lowest BCUT2D eigenvalue weighted by Crippen LogP contribution is -2.34. The van der Waals surface area contributed by atoms with Gasteiger partial charge in [0.1, 0.15) is 0 Å². The van der Waals surface area contributed by atoms with Crippen molar-refractivity contribution in [2.45, 2.75) is 12.6 Å². The second-order valence-electron chi connectivity index (χ2n) is 4.60. The summed E-state index contributed by atoms with van der Waals surface area (Å²) >= 11 is 2.14. The first-order valence-corrected chi connectivity index (χ1v) is 7.40. The minimum Gasteiger partial charge on any atom is -0.338 e. The van der Waals surface area contributed by atoms with Crippen LogP contribution in [0.5, 0.6) is 0 Å². The molecule has 8 heteroatoms. The van der Waals surface area contributed by atoms with Gasteiger partial charge in [-0.3, -0.25) is 4.90 Å². The van der Waals surface area contributed by atoms with Gasteiger partial charge >= 0.3 is 12.2 Å². The van der Waals surface area contributed by atoms with Gasteiger partial charge in [-0.25, -0.2) is 4.79 Å². The fourth-order valence-electron chi connectivity index (χ4n) is 1.68. The van der Waals surface area contributed by atoms with Gasteiger partial charge in [0.25, 0.3) is 0 Å². The highest BCUT2D eigenvalue weighted by molar-refractivity contribution is 14.1. The lowest BCUT2D eigenvalue weighted by atomic mass is 10.3. The molecule has 0 saturated heterocycles. The van der Waals surface area contributed by atoms with Gasteiger partial charge in [0.05, 0.1) is 6.54 Å². The number of benzene rings is 1. The van der Waals surface area contributed by atoms with Crippen LogP contribution in [-0.2, 0) is 0 Å². The summed E-state index contributed by atoms with van der Waals surface area (Å²) in [7, 11) is 1.40. The predicted octanol–water partition coefficient (Wildman–Crippen LogP) is 3.30. The van der Waals surface area contributed by atoms with E-state index in [1.807, 2.05) is 18.2 Å². The summed E-state index contributed by atoms with van der Waals surface area (Å²) in [6.45, 7) is -0.359. The third-order valence-corrected chi connectivity index (χ3v) is 3.20. The minimum atomic E-state index is -4.19. The molecule has 0 fully saturated rings. The smallest absolute Gasteiger partial charge is 0.338 e. The van der Waals surface area contributed by atoms with E-state index in [2.05, 4.69) is 33.2 Å². The van der Waals surface area contributed by atoms with E-state index < -0.39 is 12.7 Å². The maximum absolute atomic E-state index is 12.1. The largest absolute Gasteiger partial charge is 0.401 e. The first kappa shape index (κ1) is 18.0. The van der Waals surface area contributed by atoms with Crippen molar-refractivity contribution in [1.29, 1.82) is 0 Å². The van der Waals surface area contributed by atoms with Crippen LogP contribution in [0.3, 0.4) is 0 Å². The summed E-state index contributed by atoms with van der Waals surface area (Å²) in [5, 5.41) is 5.27. The van der Waals surface area contributed by atoms with Crippen molar-refractivity contribution in [3.63, 3.8) is 0 Å². The molecule has 0 atom stereocenters. The standard InChI is InChI=1S/C13H17F3IN3O/c1-20(9-13(14,15)16)7-3-6-18-12(21)19-11-5-2-4-10(17)8-11/h2,4-5,8H,3,6-7,9H2,1H3,(H2,18,19,21). The number of urea groups is 1. The number of anilines is 1. The topological polar surface area (TPSA) is 44.4 Å². The molecule has 21 heavy (non-hydrogen) atoms. The molecule has 4 nitrogen and oxygen atoms in total. The summed E-state index contributed by atoms with van der Waals surface area (Å²) in [5.74, 6) is 0. The fourth-order valence-corrected chi connectivity index (χ4v) is 2.22. The Bertz CT molecular complexity index is 468. The number of rotatable bonds is 6. The third-order valence-electron chi connectivity index (χ3n) is 2.53. The Kier molecular flexibility index (Phi) is 7.23. The number of alkyl halides is 3. The molecular weight excluding hydrogens is 398 g/mol. The van der Waals surface area contributed by atoms with E-state index in [1.165, 1.54) is 11.9 Å². The highest BCUT2D eigenvalue weighted by atomic mass is 127. The zero-order chi connectivity index (χ0) is 15.9. The molecule has 0 saturated carbocycles. The Hall–Kier alpha value is -1.03. The van der Waals surface area contributed by atoms with Gasteiger partial charge in [-0.2, -0.15) is 13.2 Å². The molecule has 0 aliphatic heterocycles. The van der Waals surface area contributed by atoms with Crippen LogP contribution in [0.15, 0.2) is 24.3 Å². The quantitative estimate of drug-likeness (QED) is 0.554. The average Bonchev–Trinajstić information content (AvgIpc) is 2.32. The fraction of sp³-hybridized carbons (Fsp3) is 0.462. The van der Waals surface area contributed by atoms with Crippen molar-refractivity contribution >= 4 is 34.3 Å². The van der Waals surface area contributed by atoms with Crippen LogP contribution in [0.2, 0.25) is 0 Å². The molecule has 0 heterocycles. The predicted molar refractivity (Wildman–Crippen MR) is 84.3 cm³/mol. The molecule has 2 amide bonds. The SMILES string of the molecule is CN(CCCNC(=O)Nc1cccc(I)c1)CC(F)(F)F. The molecule has 2 N–H and O–H groups in total. The molecule has 0 aliphatic carbocycles. The van der Waals surface area contributed by atoms with E-state index in [1.54, 1.807) is 6.07 Å². The van der Waals surface area contributed by atoms with Crippen molar-refractivity contribution in [2.24, 2.45) is 0 Å². The zero-order valence-electron chi connectivity index (χ0n) is 11.5. The van der Waals surface area contributed by atoms with Crippen LogP contribution in [0.25, 0.3) is 0 Å². The van der Waals surface area contributed by atoms with E-state index in [0.29, 0.717) is 18.7 Å². The number of hydrogen-bond acceptors (Lipinski definition) is 2. The summed E-state index contributed by atoms with van der Waals surface area (Å²) in [4.78, 5) is 12.8. The third kappa shape index (κ3) is 8.76. The second kappa shape index (κ2) is 8.42. The van der Waals surface area contributed by atoms with Crippen molar-refractivity contribution in [3.8, 4) is 0 Å². The molecule has 0 bridgehead atoms. The number of hydrogen-bond donors (Lipinski definition) is 2. The molecule has 1 rings (SSSR count). The van der Waals surface area contributed by atoms with Crippen LogP contribution in [-0.4, -0.2) is 43.8 Å². The van der Waals surface area contributed by atoms with Gasteiger partial charge in [0.15, 0.2) is 0 Å². The lowest BCUT2D eigenvalue weighted by Gasteiger charge is -2.18. The van der Waals surface area contributed by atoms with Crippen LogP contribution < -0.4 is 10.6 Å². The van der Waals surface area contributed by atoms with Crippen molar-refractivity contribution in [2.75, 3.05) is 32.0 Å². The second-order valence-corrected chi connectivity index (χ2v) is 5.84. The highest BCUT2D eigenvalue weighted by Gasteiger charge is 2.28. The Balaban J connectivity index is 2.19. The van der Waals surface area contributed by atoms with Crippen molar-refractivity contribution in [3.05, 3.63) is 27.8 Å². The monoisotopic (exact) mass is 415 g/mol. The molecule has 118 valence electrons. The number of carbonyl (C=O) groups is 1. The number of carbonyl (C=O) groups excluding carboxylic acids is 1. The minimum absolute atomic E-state index is 0.267. The Morgan fingerprint density at radius 3 is 2.71 bits per heavy atom. The lowest BCUT2D eigenvalue weighted by molar-refractivity contribution is -0.143. The number of nitrogens with one attached hydrogen (secondary N) is 2. The zero-order valence-corrected chi connectivity index (χ0v) is 13.7. The van der Waals surface area contributed by atoms with Crippen molar-refractivity contribution in [1.82, 2.24) is 10.2 Å². The molecule has 1 aromatic carbocycles. The van der Waals surface area contributed by atoms with E-state index in [9.17, 15) is 18.0 Å². The van der Waals surface area contributed by atoms with Gasteiger partial charge in [0.2, 0.25) is 0 Å². The molecule has 1 aromatic rings. The number of halogens is 4. The Morgan fingerprint density at radius 1 is 1.38 bits per heavy atom. The van der Waals surface area contributed by atoms with Gasteiger partial charge in [-0.15, -0.1) is 0 Å². The molecular formula is C13H17F3IN3O. The van der Waals surface area contributed by atoms with Crippen LogP contribution >= 0.6 is 22.6 Å². The molecule has 0 unspecified atom stereocenters. The maximum Gasteiger partial charge on any atom is 0.401 e. The van der Waals surface area contributed by atoms with Crippen LogP contribution in [0, 0.1) is 3.57 Å². The first-order valence-electron chi connectivity index (χ1n) is 6.32. The summed E-state index contributed by atoms with van der Waals surface area (Å²) in [6.07, 6.45) is -3.74. The Labute approximate surface area is 135 Å². The van der Waals surface area contributed by atoms with E-state index in [-0.39, 0.29) is 12.6 Å². The molecule has 0 aromatic heterocycles. The average molecular weight is 415 g/mol. The number of amides is 2. The van der Waals surface area contributed by atoms with Gasteiger partial charge in [0, 0.05) is 15.8 Å². The normalized spacial score (nSPS) is 11.5. The van der Waals surface area contributed by atoms with E-state index in [4.69, 9.17) is 0 Å². The summed E-state index contributed by atoms with van der Waals surface area (Å²) < 4.78 is 37.3. The van der Waals surface area contributed by atoms with Gasteiger partial charge < -0.3 is 10.6 Å². The maximum atomic E-state index is 12.1. The first-order chi connectivity index (χ1) is 9.76. The highest BCUT2D eigenvalue weighted by Crippen LogP contribution is 2.15. The summed E-state index contributed by atoms with van der Waals surface area (Å²) in [5.41, 5.74) is 0.675. The van der Waals surface area contributed by atoms with E-state index in [0.717, 1.165) is 3.57 Å². The molecule has 0 spiro atoms. The molecule has 0 radical (unpaired) electrons. The Morgan fingerprint density at radius 2 is 2.10 bits per heavy atom. The van der Waals surface area contributed by atoms with Gasteiger partial charge in [-0.1, -0.05) is 6.07 Å². The van der Waals surface area contributed by atoms with Crippen molar-refractivity contribution < 1.29 is 18.0 Å². The van der Waals surface area contributed by atoms with Crippen LogP contribution in [0.4, 0.5) is 23.7 Å². The van der Waals surface area contributed by atoms with Crippen LogP contribution in [0.1, 0.15) is 6.42 Å².